The Morgan fingerprint density at radius 2 is 2.07 bits per heavy atom. The summed E-state index contributed by atoms with van der Waals surface area (Å²) in [5, 5.41) is 0. The fourth-order valence-electron chi connectivity index (χ4n) is 4.88. The summed E-state index contributed by atoms with van der Waals surface area (Å²) in [6, 6.07) is 7.42. The lowest BCUT2D eigenvalue weighted by Crippen LogP contribution is -2.32. The van der Waals surface area contributed by atoms with Crippen LogP contribution in [0.15, 0.2) is 42.1 Å². The van der Waals surface area contributed by atoms with Gasteiger partial charge in [-0.15, -0.1) is 0 Å². The molecule has 1 saturated heterocycles. The fraction of sp³-hybridized carbons (Fsp3) is 0.261. The van der Waals surface area contributed by atoms with E-state index in [1.807, 2.05) is 24.3 Å². The summed E-state index contributed by atoms with van der Waals surface area (Å²) in [4.78, 5) is 42.1. The minimum atomic E-state index is -0.381. The number of aldehydes is 1. The Bertz CT molecular complexity index is 1120. The van der Waals surface area contributed by atoms with Gasteiger partial charge in [-0.3, -0.25) is 14.4 Å². The molecular weight excluding hydrogens is 368 g/mol. The number of H-pyrrole nitrogens is 1. The van der Waals surface area contributed by atoms with E-state index in [1.54, 1.807) is 31.1 Å². The first kappa shape index (κ1) is 17.7. The monoisotopic (exact) mass is 388 g/mol. The molecule has 1 saturated carbocycles. The number of methoxy groups -OCH3 is 1. The highest BCUT2D eigenvalue weighted by molar-refractivity contribution is 6.10. The van der Waals surface area contributed by atoms with Crippen LogP contribution in [-0.2, 0) is 10.2 Å². The van der Waals surface area contributed by atoms with E-state index < -0.39 is 0 Å². The third-order valence-electron chi connectivity index (χ3n) is 6.37. The number of piperidine rings is 1. The van der Waals surface area contributed by atoms with Crippen molar-refractivity contribution in [1.29, 1.82) is 0 Å². The number of rotatable bonds is 4. The van der Waals surface area contributed by atoms with E-state index in [0.717, 1.165) is 35.3 Å². The second-order valence-corrected chi connectivity index (χ2v) is 7.85. The van der Waals surface area contributed by atoms with Crippen molar-refractivity contribution in [2.75, 3.05) is 13.7 Å². The van der Waals surface area contributed by atoms with Gasteiger partial charge < -0.3 is 14.6 Å². The van der Waals surface area contributed by atoms with Gasteiger partial charge in [0, 0.05) is 46.6 Å². The number of aryl methyl sites for hydroxylation is 1. The average molecular weight is 388 g/mol. The molecule has 29 heavy (non-hydrogen) atoms. The lowest BCUT2D eigenvalue weighted by molar-refractivity contribution is -0.123. The largest absolute Gasteiger partial charge is 0.497 e. The van der Waals surface area contributed by atoms with Gasteiger partial charge in [0.15, 0.2) is 6.29 Å². The van der Waals surface area contributed by atoms with Crippen LogP contribution in [0.1, 0.15) is 44.1 Å². The number of ether oxygens (including phenoxy) is 1. The molecule has 1 amide bonds. The SMILES string of the molecule is COc1ccc(/C=C/C(=O)N2C[C@H]3C[C@@]34C2=CC(=O)c2[nH]c(C)c(C=O)c24)cc1. The van der Waals surface area contributed by atoms with E-state index in [-0.39, 0.29) is 23.0 Å². The zero-order valence-electron chi connectivity index (χ0n) is 16.2. The Hall–Kier alpha value is -3.41. The molecule has 2 atom stereocenters. The van der Waals surface area contributed by atoms with Gasteiger partial charge in [-0.1, -0.05) is 12.1 Å². The highest BCUT2D eigenvalue weighted by Crippen LogP contribution is 2.67. The van der Waals surface area contributed by atoms with Crippen LogP contribution in [0, 0.1) is 12.8 Å². The summed E-state index contributed by atoms with van der Waals surface area (Å²) in [6.07, 6.45) is 6.54. The molecule has 1 spiro atoms. The normalized spacial score (nSPS) is 24.1. The van der Waals surface area contributed by atoms with Crippen LogP contribution in [0.2, 0.25) is 0 Å². The zero-order chi connectivity index (χ0) is 20.3. The number of allylic oxidation sites excluding steroid dienone is 2. The highest BCUT2D eigenvalue weighted by atomic mass is 16.5. The van der Waals surface area contributed by atoms with E-state index in [1.165, 1.54) is 6.08 Å². The Morgan fingerprint density at radius 1 is 1.31 bits per heavy atom. The van der Waals surface area contributed by atoms with Crippen LogP contribution in [0.25, 0.3) is 6.08 Å². The maximum absolute atomic E-state index is 12.9. The van der Waals surface area contributed by atoms with Gasteiger partial charge in [-0.05, 0) is 43.0 Å². The molecule has 2 fully saturated rings. The topological polar surface area (TPSA) is 79.5 Å². The minimum Gasteiger partial charge on any atom is -0.497 e. The van der Waals surface area contributed by atoms with Crippen molar-refractivity contribution in [3.63, 3.8) is 0 Å². The summed E-state index contributed by atoms with van der Waals surface area (Å²) < 4.78 is 5.14. The van der Waals surface area contributed by atoms with E-state index in [2.05, 4.69) is 4.98 Å². The molecular formula is C23H20N2O4. The lowest BCUT2D eigenvalue weighted by Gasteiger charge is -2.27. The zero-order valence-corrected chi connectivity index (χ0v) is 16.2. The predicted octanol–water partition coefficient (Wildman–Crippen LogP) is 3.04. The minimum absolute atomic E-state index is 0.158. The molecule has 0 radical (unpaired) electrons. The molecule has 0 unspecified atom stereocenters. The summed E-state index contributed by atoms with van der Waals surface area (Å²) in [5.74, 6) is 0.661. The Kier molecular flexibility index (Phi) is 3.68. The molecule has 0 bridgehead atoms. The van der Waals surface area contributed by atoms with Crippen molar-refractivity contribution in [1.82, 2.24) is 9.88 Å². The second-order valence-electron chi connectivity index (χ2n) is 7.85. The third kappa shape index (κ3) is 2.38. The van der Waals surface area contributed by atoms with Crippen LogP contribution >= 0.6 is 0 Å². The van der Waals surface area contributed by atoms with Gasteiger partial charge in [-0.25, -0.2) is 0 Å². The number of ketones is 1. The molecule has 2 aromatic rings. The van der Waals surface area contributed by atoms with Crippen molar-refractivity contribution in [3.05, 3.63) is 70.2 Å². The van der Waals surface area contributed by atoms with Crippen LogP contribution < -0.4 is 4.74 Å². The highest BCUT2D eigenvalue weighted by Gasteiger charge is 2.68. The first-order valence-electron chi connectivity index (χ1n) is 9.58. The van der Waals surface area contributed by atoms with Gasteiger partial charge in [0.2, 0.25) is 5.78 Å². The number of nitrogens with one attached hydrogen (secondary N) is 1. The molecule has 2 heterocycles. The van der Waals surface area contributed by atoms with Crippen molar-refractivity contribution in [3.8, 4) is 5.75 Å². The summed E-state index contributed by atoms with van der Waals surface area (Å²) in [6.45, 7) is 2.37. The number of hydrogen-bond acceptors (Lipinski definition) is 4. The van der Waals surface area contributed by atoms with Crippen LogP contribution in [0.4, 0.5) is 0 Å². The molecule has 146 valence electrons. The molecule has 6 nitrogen and oxygen atoms in total. The molecule has 6 heteroatoms. The number of benzene rings is 1. The van der Waals surface area contributed by atoms with Gasteiger partial charge in [-0.2, -0.15) is 0 Å². The maximum atomic E-state index is 12.9. The van der Waals surface area contributed by atoms with Gasteiger partial charge >= 0.3 is 0 Å². The van der Waals surface area contributed by atoms with E-state index >= 15 is 0 Å². The quantitative estimate of drug-likeness (QED) is 0.645. The second kappa shape index (κ2) is 6.04. The smallest absolute Gasteiger partial charge is 0.250 e. The van der Waals surface area contributed by atoms with Crippen molar-refractivity contribution >= 4 is 24.1 Å². The van der Waals surface area contributed by atoms with Crippen LogP contribution in [0.3, 0.4) is 0 Å². The van der Waals surface area contributed by atoms with E-state index in [9.17, 15) is 14.4 Å². The van der Waals surface area contributed by atoms with Gasteiger partial charge in [0.05, 0.1) is 12.8 Å². The lowest BCUT2D eigenvalue weighted by atomic mass is 9.83. The number of nitrogens with zero attached hydrogens (tertiary/aromatic N) is 1. The van der Waals surface area contributed by atoms with Gasteiger partial charge in [0.25, 0.3) is 5.91 Å². The summed E-state index contributed by atoms with van der Waals surface area (Å²) >= 11 is 0. The predicted molar refractivity (Wildman–Crippen MR) is 107 cm³/mol. The molecule has 1 aromatic heterocycles. The number of likely N-dealkylation sites (tertiary alicyclic amines) is 1. The van der Waals surface area contributed by atoms with E-state index in [4.69, 9.17) is 4.74 Å². The Morgan fingerprint density at radius 3 is 2.76 bits per heavy atom. The number of fused-ring (bicyclic) bond motifs is 1. The standard InChI is InChI=1S/C23H20N2O4/c1-13-17(12-26)21-22(24-13)18(27)9-19-23(21)10-15(23)11-25(19)20(28)8-5-14-3-6-16(29-2)7-4-14/h3-9,12,15,24H,10-11H2,1-2H3/b8-5+/t15-,23+/m1/s1. The molecule has 1 aromatic carbocycles. The first-order chi connectivity index (χ1) is 14.0. The average Bonchev–Trinajstić information content (AvgIpc) is 3.18. The molecule has 1 aliphatic heterocycles. The molecule has 3 aliphatic rings. The summed E-state index contributed by atoms with van der Waals surface area (Å²) in [7, 11) is 1.61. The van der Waals surface area contributed by atoms with Crippen LogP contribution in [-0.4, -0.2) is 41.5 Å². The number of aromatic nitrogens is 1. The first-order valence-corrected chi connectivity index (χ1v) is 9.58. The number of aromatic amines is 1. The Balaban J connectivity index is 1.46. The summed E-state index contributed by atoms with van der Waals surface area (Å²) in [5.41, 5.74) is 3.78. The molecule has 1 N–H and O–H groups in total. The van der Waals surface area contributed by atoms with Crippen LogP contribution in [0.5, 0.6) is 5.75 Å². The molecule has 5 rings (SSSR count). The Labute approximate surface area is 167 Å². The third-order valence-corrected chi connectivity index (χ3v) is 6.37. The number of carbonyl (C=O) groups excluding carboxylic acids is 3. The number of amides is 1. The number of hydrogen-bond donors (Lipinski definition) is 1. The van der Waals surface area contributed by atoms with E-state index in [0.29, 0.717) is 23.5 Å². The van der Waals surface area contributed by atoms with Crippen molar-refractivity contribution in [2.45, 2.75) is 18.8 Å². The molecule has 2 aliphatic carbocycles. The van der Waals surface area contributed by atoms with Crippen molar-refractivity contribution in [2.24, 2.45) is 5.92 Å². The van der Waals surface area contributed by atoms with Gasteiger partial charge in [0.1, 0.15) is 5.75 Å². The number of carbonyl (C=O) groups is 3. The van der Waals surface area contributed by atoms with Crippen molar-refractivity contribution < 1.29 is 19.1 Å². The maximum Gasteiger partial charge on any atom is 0.250 e. The fourth-order valence-corrected chi connectivity index (χ4v) is 4.88.